The number of ether oxygens (including phenoxy) is 1. The zero-order chi connectivity index (χ0) is 14.5. The van der Waals surface area contributed by atoms with E-state index in [0.29, 0.717) is 6.54 Å². The predicted octanol–water partition coefficient (Wildman–Crippen LogP) is 4.83. The zero-order valence-corrected chi connectivity index (χ0v) is 12.9. The zero-order valence-electron chi connectivity index (χ0n) is 12.2. The van der Waals surface area contributed by atoms with Gasteiger partial charge in [0.2, 0.25) is 0 Å². The molecule has 0 amide bonds. The lowest BCUT2D eigenvalue weighted by molar-refractivity contribution is 0.410. The number of rotatable bonds is 5. The molecule has 2 nitrogen and oxygen atoms in total. The highest BCUT2D eigenvalue weighted by Crippen LogP contribution is 2.26. The van der Waals surface area contributed by atoms with Crippen LogP contribution in [0, 0.1) is 6.92 Å². The second-order valence-electron chi connectivity index (χ2n) is 4.77. The fourth-order valence-corrected chi connectivity index (χ4v) is 2.54. The Bertz CT molecular complexity index is 596. The van der Waals surface area contributed by atoms with Crippen molar-refractivity contribution in [2.75, 3.05) is 12.4 Å². The topological polar surface area (TPSA) is 21.3 Å². The lowest BCUT2D eigenvalue weighted by Gasteiger charge is -2.15. The molecular formula is C17H20ClNO. The highest BCUT2D eigenvalue weighted by atomic mass is 35.5. The van der Waals surface area contributed by atoms with Crippen molar-refractivity contribution in [3.8, 4) is 5.75 Å². The van der Waals surface area contributed by atoms with Crippen LogP contribution < -0.4 is 10.1 Å². The SMILES string of the molecule is CCc1cccc(C)c1NCc1cc(Cl)ccc1OC. The van der Waals surface area contributed by atoms with E-state index in [-0.39, 0.29) is 0 Å². The average molecular weight is 290 g/mol. The number of nitrogens with one attached hydrogen (secondary N) is 1. The Hall–Kier alpha value is -1.67. The Balaban J connectivity index is 2.23. The van der Waals surface area contributed by atoms with Crippen molar-refractivity contribution in [3.63, 3.8) is 0 Å². The lowest BCUT2D eigenvalue weighted by Crippen LogP contribution is -2.05. The predicted molar refractivity (Wildman–Crippen MR) is 85.9 cm³/mol. The molecule has 3 heteroatoms. The molecule has 0 aliphatic rings. The number of methoxy groups -OCH3 is 1. The minimum absolute atomic E-state index is 0.696. The van der Waals surface area contributed by atoms with Gasteiger partial charge in [-0.2, -0.15) is 0 Å². The van der Waals surface area contributed by atoms with E-state index < -0.39 is 0 Å². The Morgan fingerprint density at radius 3 is 2.65 bits per heavy atom. The van der Waals surface area contributed by atoms with Crippen molar-refractivity contribution < 1.29 is 4.74 Å². The normalized spacial score (nSPS) is 10.4. The van der Waals surface area contributed by atoms with Gasteiger partial charge in [-0.05, 0) is 42.7 Å². The standard InChI is InChI=1S/C17H20ClNO/c1-4-13-7-5-6-12(2)17(13)19-11-14-10-15(18)8-9-16(14)20-3/h5-10,19H,4,11H2,1-3H3. The second kappa shape index (κ2) is 6.67. The summed E-state index contributed by atoms with van der Waals surface area (Å²) in [5.41, 5.74) is 4.85. The number of para-hydroxylation sites is 1. The molecule has 0 bridgehead atoms. The van der Waals surface area contributed by atoms with Gasteiger partial charge in [0.15, 0.2) is 0 Å². The first-order chi connectivity index (χ1) is 9.65. The number of hydrogen-bond donors (Lipinski definition) is 1. The van der Waals surface area contributed by atoms with Gasteiger partial charge in [0.25, 0.3) is 0 Å². The number of benzene rings is 2. The van der Waals surface area contributed by atoms with Gasteiger partial charge in [0, 0.05) is 22.8 Å². The number of anilines is 1. The lowest BCUT2D eigenvalue weighted by atomic mass is 10.1. The Labute approximate surface area is 125 Å². The van der Waals surface area contributed by atoms with Crippen molar-refractivity contribution >= 4 is 17.3 Å². The summed E-state index contributed by atoms with van der Waals surface area (Å²) in [6.07, 6.45) is 1.01. The van der Waals surface area contributed by atoms with E-state index in [1.54, 1.807) is 7.11 Å². The van der Waals surface area contributed by atoms with E-state index in [0.717, 1.165) is 22.8 Å². The minimum atomic E-state index is 0.696. The number of aryl methyl sites for hydroxylation is 2. The molecule has 20 heavy (non-hydrogen) atoms. The molecule has 0 spiro atoms. The van der Waals surface area contributed by atoms with Crippen molar-refractivity contribution in [3.05, 3.63) is 58.1 Å². The summed E-state index contributed by atoms with van der Waals surface area (Å²) in [6.45, 7) is 4.98. The van der Waals surface area contributed by atoms with Gasteiger partial charge in [-0.25, -0.2) is 0 Å². The fourth-order valence-electron chi connectivity index (χ4n) is 2.35. The van der Waals surface area contributed by atoms with Crippen LogP contribution in [0.2, 0.25) is 5.02 Å². The van der Waals surface area contributed by atoms with Crippen molar-refractivity contribution in [1.29, 1.82) is 0 Å². The van der Waals surface area contributed by atoms with E-state index in [1.807, 2.05) is 18.2 Å². The molecule has 0 aliphatic heterocycles. The van der Waals surface area contributed by atoms with E-state index in [1.165, 1.54) is 16.8 Å². The second-order valence-corrected chi connectivity index (χ2v) is 5.21. The molecule has 0 aromatic heterocycles. The van der Waals surface area contributed by atoms with Gasteiger partial charge in [-0.3, -0.25) is 0 Å². The van der Waals surface area contributed by atoms with Crippen molar-refractivity contribution in [1.82, 2.24) is 0 Å². The molecule has 0 radical (unpaired) electrons. The largest absolute Gasteiger partial charge is 0.496 e. The first kappa shape index (κ1) is 14.7. The van der Waals surface area contributed by atoms with E-state index >= 15 is 0 Å². The van der Waals surface area contributed by atoms with Crippen LogP contribution in [0.5, 0.6) is 5.75 Å². The third kappa shape index (κ3) is 3.26. The molecule has 2 aromatic carbocycles. The van der Waals surface area contributed by atoms with Gasteiger partial charge >= 0.3 is 0 Å². The first-order valence-corrected chi connectivity index (χ1v) is 7.18. The summed E-state index contributed by atoms with van der Waals surface area (Å²) in [4.78, 5) is 0. The Morgan fingerprint density at radius 2 is 1.95 bits per heavy atom. The maximum Gasteiger partial charge on any atom is 0.123 e. The van der Waals surface area contributed by atoms with Gasteiger partial charge < -0.3 is 10.1 Å². The van der Waals surface area contributed by atoms with Crippen LogP contribution in [0.15, 0.2) is 36.4 Å². The van der Waals surface area contributed by atoms with Crippen LogP contribution in [0.25, 0.3) is 0 Å². The van der Waals surface area contributed by atoms with Gasteiger partial charge in [0.05, 0.1) is 7.11 Å². The molecule has 0 atom stereocenters. The fraction of sp³-hybridized carbons (Fsp3) is 0.294. The van der Waals surface area contributed by atoms with Gasteiger partial charge in [0.1, 0.15) is 5.75 Å². The van der Waals surface area contributed by atoms with Crippen LogP contribution in [-0.4, -0.2) is 7.11 Å². The molecule has 2 aromatic rings. The molecular weight excluding hydrogens is 270 g/mol. The average Bonchev–Trinajstić information content (AvgIpc) is 2.46. The van der Waals surface area contributed by atoms with Gasteiger partial charge in [-0.1, -0.05) is 36.7 Å². The van der Waals surface area contributed by atoms with Crippen LogP contribution in [0.4, 0.5) is 5.69 Å². The van der Waals surface area contributed by atoms with Gasteiger partial charge in [-0.15, -0.1) is 0 Å². The first-order valence-electron chi connectivity index (χ1n) is 6.80. The highest BCUT2D eigenvalue weighted by Gasteiger charge is 2.07. The van der Waals surface area contributed by atoms with E-state index in [4.69, 9.17) is 16.3 Å². The Kier molecular flexibility index (Phi) is 4.91. The van der Waals surface area contributed by atoms with Crippen molar-refractivity contribution in [2.24, 2.45) is 0 Å². The highest BCUT2D eigenvalue weighted by molar-refractivity contribution is 6.30. The maximum absolute atomic E-state index is 6.06. The maximum atomic E-state index is 6.06. The molecule has 106 valence electrons. The van der Waals surface area contributed by atoms with Crippen LogP contribution in [0.1, 0.15) is 23.6 Å². The number of halogens is 1. The summed E-state index contributed by atoms with van der Waals surface area (Å²) >= 11 is 6.06. The molecule has 0 aliphatic carbocycles. The quantitative estimate of drug-likeness (QED) is 0.851. The molecule has 2 rings (SSSR count). The molecule has 0 fully saturated rings. The minimum Gasteiger partial charge on any atom is -0.496 e. The van der Waals surface area contributed by atoms with E-state index in [9.17, 15) is 0 Å². The molecule has 0 saturated heterocycles. The molecule has 0 heterocycles. The van der Waals surface area contributed by atoms with Crippen LogP contribution >= 0.6 is 11.6 Å². The third-order valence-corrected chi connectivity index (χ3v) is 3.67. The molecule has 1 N–H and O–H groups in total. The summed E-state index contributed by atoms with van der Waals surface area (Å²) < 4.78 is 5.38. The summed E-state index contributed by atoms with van der Waals surface area (Å²) in [5.74, 6) is 0.855. The molecule has 0 unspecified atom stereocenters. The summed E-state index contributed by atoms with van der Waals surface area (Å²) in [6, 6.07) is 12.1. The van der Waals surface area contributed by atoms with E-state index in [2.05, 4.69) is 37.4 Å². The Morgan fingerprint density at radius 1 is 1.15 bits per heavy atom. The van der Waals surface area contributed by atoms with Crippen LogP contribution in [-0.2, 0) is 13.0 Å². The van der Waals surface area contributed by atoms with Crippen molar-refractivity contribution in [2.45, 2.75) is 26.8 Å². The molecule has 0 saturated carbocycles. The number of hydrogen-bond acceptors (Lipinski definition) is 2. The summed E-state index contributed by atoms with van der Waals surface area (Å²) in [5, 5.41) is 4.24. The monoisotopic (exact) mass is 289 g/mol. The third-order valence-electron chi connectivity index (χ3n) is 3.44. The smallest absolute Gasteiger partial charge is 0.123 e. The summed E-state index contributed by atoms with van der Waals surface area (Å²) in [7, 11) is 1.68. The van der Waals surface area contributed by atoms with Crippen LogP contribution in [0.3, 0.4) is 0 Å².